The van der Waals surface area contributed by atoms with Gasteiger partial charge >= 0.3 is 11.9 Å². The van der Waals surface area contributed by atoms with Crippen LogP contribution in [0.1, 0.15) is 17.4 Å². The molecule has 0 amide bonds. The van der Waals surface area contributed by atoms with E-state index in [9.17, 15) is 9.59 Å². The summed E-state index contributed by atoms with van der Waals surface area (Å²) < 4.78 is 10.7. The Morgan fingerprint density at radius 3 is 2.75 bits per heavy atom. The first-order valence-electron chi connectivity index (χ1n) is 4.78. The normalized spacial score (nSPS) is 9.88. The first-order chi connectivity index (χ1) is 7.58. The Hall–Kier alpha value is -1.98. The fraction of sp³-hybridized carbons (Fsp3) is 0.400. The highest BCUT2D eigenvalue weighted by Crippen LogP contribution is 2.11. The maximum Gasteiger partial charge on any atom is 0.354 e. The molecular weight excluding hydrogens is 212 g/mol. The molecule has 1 aromatic heterocycles. The average Bonchev–Trinajstić information content (AvgIpc) is 2.58. The number of hydrogen-bond donors (Lipinski definition) is 1. The number of aromatic nitrogens is 1. The monoisotopic (exact) mass is 226 g/mol. The summed E-state index contributed by atoms with van der Waals surface area (Å²) in [5, 5.41) is 0. The summed E-state index contributed by atoms with van der Waals surface area (Å²) in [6.07, 6.45) is 1.49. The van der Waals surface area contributed by atoms with Gasteiger partial charge < -0.3 is 19.8 Å². The summed E-state index contributed by atoms with van der Waals surface area (Å²) >= 11 is 0. The standard InChI is InChI=1S/C10H14N2O4/c1-3-16-9(13)6-12-5-7(11)4-8(12)10(14)15-2/h4-5H,3,6,11H2,1-2H3. The fourth-order valence-corrected chi connectivity index (χ4v) is 1.28. The number of hydrogen-bond acceptors (Lipinski definition) is 5. The molecule has 0 spiro atoms. The van der Waals surface area contributed by atoms with E-state index in [1.165, 1.54) is 23.9 Å². The van der Waals surface area contributed by atoms with Crippen LogP contribution in [0, 0.1) is 0 Å². The predicted molar refractivity (Wildman–Crippen MR) is 56.8 cm³/mol. The van der Waals surface area contributed by atoms with Gasteiger partial charge in [0.15, 0.2) is 0 Å². The lowest BCUT2D eigenvalue weighted by Crippen LogP contribution is -2.17. The Balaban J connectivity index is 2.86. The Morgan fingerprint density at radius 2 is 2.19 bits per heavy atom. The molecule has 0 bridgehead atoms. The molecule has 0 aromatic carbocycles. The van der Waals surface area contributed by atoms with Gasteiger partial charge in [-0.25, -0.2) is 4.79 Å². The number of nitrogens with zero attached hydrogens (tertiary/aromatic N) is 1. The minimum absolute atomic E-state index is 0.0600. The van der Waals surface area contributed by atoms with E-state index in [4.69, 9.17) is 10.5 Å². The van der Waals surface area contributed by atoms with Crippen molar-refractivity contribution in [2.75, 3.05) is 19.5 Å². The predicted octanol–water partition coefficient (Wildman–Crippen LogP) is 0.420. The molecule has 6 nitrogen and oxygen atoms in total. The lowest BCUT2D eigenvalue weighted by Gasteiger charge is -2.06. The van der Waals surface area contributed by atoms with Gasteiger partial charge in [0, 0.05) is 6.20 Å². The first-order valence-corrected chi connectivity index (χ1v) is 4.78. The molecule has 6 heteroatoms. The number of nitrogen functional groups attached to an aromatic ring is 1. The van der Waals surface area contributed by atoms with Gasteiger partial charge in [0.2, 0.25) is 0 Å². The van der Waals surface area contributed by atoms with E-state index in [2.05, 4.69) is 4.74 Å². The quantitative estimate of drug-likeness (QED) is 0.752. The van der Waals surface area contributed by atoms with E-state index in [1.54, 1.807) is 6.92 Å². The van der Waals surface area contributed by atoms with Crippen molar-refractivity contribution in [2.24, 2.45) is 0 Å². The van der Waals surface area contributed by atoms with Crippen molar-refractivity contribution in [3.05, 3.63) is 18.0 Å². The molecule has 0 saturated carbocycles. The van der Waals surface area contributed by atoms with E-state index < -0.39 is 11.9 Å². The Morgan fingerprint density at radius 1 is 1.50 bits per heavy atom. The van der Waals surface area contributed by atoms with Crippen LogP contribution in [0.2, 0.25) is 0 Å². The second-order valence-corrected chi connectivity index (χ2v) is 3.08. The molecule has 2 N–H and O–H groups in total. The number of carbonyl (C=O) groups excluding carboxylic acids is 2. The summed E-state index contributed by atoms with van der Waals surface area (Å²) in [6, 6.07) is 1.45. The molecule has 16 heavy (non-hydrogen) atoms. The van der Waals surface area contributed by atoms with Crippen LogP contribution in [0.15, 0.2) is 12.3 Å². The maximum atomic E-state index is 11.3. The van der Waals surface area contributed by atoms with Gasteiger partial charge in [-0.15, -0.1) is 0 Å². The molecule has 0 aliphatic carbocycles. The van der Waals surface area contributed by atoms with Crippen LogP contribution in [-0.4, -0.2) is 30.2 Å². The second-order valence-electron chi connectivity index (χ2n) is 3.08. The van der Waals surface area contributed by atoms with Crippen molar-refractivity contribution in [1.29, 1.82) is 0 Å². The van der Waals surface area contributed by atoms with Crippen molar-refractivity contribution in [3.63, 3.8) is 0 Å². The number of nitrogens with two attached hydrogens (primary N) is 1. The van der Waals surface area contributed by atoms with Crippen LogP contribution >= 0.6 is 0 Å². The number of anilines is 1. The number of rotatable bonds is 4. The highest BCUT2D eigenvalue weighted by molar-refractivity contribution is 5.89. The largest absolute Gasteiger partial charge is 0.465 e. The number of carbonyl (C=O) groups is 2. The van der Waals surface area contributed by atoms with Crippen LogP contribution < -0.4 is 5.73 Å². The van der Waals surface area contributed by atoms with Crippen molar-refractivity contribution in [3.8, 4) is 0 Å². The Labute approximate surface area is 92.9 Å². The number of esters is 2. The smallest absolute Gasteiger partial charge is 0.354 e. The summed E-state index contributed by atoms with van der Waals surface area (Å²) in [6.45, 7) is 1.95. The summed E-state index contributed by atoms with van der Waals surface area (Å²) in [5.74, 6) is -0.968. The minimum atomic E-state index is -0.541. The van der Waals surface area contributed by atoms with Crippen molar-refractivity contribution < 1.29 is 19.1 Å². The van der Waals surface area contributed by atoms with E-state index in [-0.39, 0.29) is 12.2 Å². The number of methoxy groups -OCH3 is 1. The van der Waals surface area contributed by atoms with E-state index in [1.807, 2.05) is 0 Å². The molecule has 0 atom stereocenters. The zero-order chi connectivity index (χ0) is 12.1. The molecule has 1 heterocycles. The van der Waals surface area contributed by atoms with Gasteiger partial charge in [-0.05, 0) is 13.0 Å². The summed E-state index contributed by atoms with van der Waals surface area (Å²) in [5.41, 5.74) is 6.16. The molecule has 0 radical (unpaired) electrons. The third-order valence-corrected chi connectivity index (χ3v) is 1.92. The second kappa shape index (κ2) is 5.20. The van der Waals surface area contributed by atoms with Gasteiger partial charge in [-0.2, -0.15) is 0 Å². The summed E-state index contributed by atoms with van der Waals surface area (Å²) in [7, 11) is 1.26. The molecule has 0 saturated heterocycles. The van der Waals surface area contributed by atoms with E-state index >= 15 is 0 Å². The van der Waals surface area contributed by atoms with E-state index in [0.717, 1.165) is 0 Å². The van der Waals surface area contributed by atoms with Gasteiger partial charge in [0.1, 0.15) is 12.2 Å². The van der Waals surface area contributed by atoms with Crippen LogP contribution in [0.3, 0.4) is 0 Å². The number of ether oxygens (including phenoxy) is 2. The SMILES string of the molecule is CCOC(=O)Cn1cc(N)cc1C(=O)OC. The molecule has 0 fully saturated rings. The maximum absolute atomic E-state index is 11.3. The van der Waals surface area contributed by atoms with Gasteiger partial charge in [0.25, 0.3) is 0 Å². The topological polar surface area (TPSA) is 83.5 Å². The highest BCUT2D eigenvalue weighted by Gasteiger charge is 2.15. The van der Waals surface area contributed by atoms with Crippen LogP contribution in [-0.2, 0) is 20.8 Å². The van der Waals surface area contributed by atoms with Crippen molar-refractivity contribution in [2.45, 2.75) is 13.5 Å². The molecule has 0 aliphatic rings. The third-order valence-electron chi connectivity index (χ3n) is 1.92. The molecule has 88 valence electrons. The molecule has 1 aromatic rings. The van der Waals surface area contributed by atoms with Gasteiger partial charge in [-0.3, -0.25) is 4.79 Å². The zero-order valence-corrected chi connectivity index (χ0v) is 9.23. The first kappa shape index (κ1) is 12.1. The highest BCUT2D eigenvalue weighted by atomic mass is 16.5. The minimum Gasteiger partial charge on any atom is -0.465 e. The Kier molecular flexibility index (Phi) is 3.93. The Bertz CT molecular complexity index is 398. The van der Waals surface area contributed by atoms with Crippen molar-refractivity contribution in [1.82, 2.24) is 4.57 Å². The summed E-state index contributed by atoms with van der Waals surface area (Å²) in [4.78, 5) is 22.6. The van der Waals surface area contributed by atoms with Gasteiger partial charge in [0.05, 0.1) is 19.4 Å². The fourth-order valence-electron chi connectivity index (χ4n) is 1.28. The lowest BCUT2D eigenvalue weighted by atomic mass is 10.4. The van der Waals surface area contributed by atoms with Crippen LogP contribution in [0.5, 0.6) is 0 Å². The van der Waals surface area contributed by atoms with Crippen molar-refractivity contribution >= 4 is 17.6 Å². The average molecular weight is 226 g/mol. The molecule has 1 rings (SSSR count). The lowest BCUT2D eigenvalue weighted by molar-refractivity contribution is -0.143. The van der Waals surface area contributed by atoms with Crippen LogP contribution in [0.25, 0.3) is 0 Å². The molecule has 0 unspecified atom stereocenters. The molecule has 0 aliphatic heterocycles. The van der Waals surface area contributed by atoms with Gasteiger partial charge in [-0.1, -0.05) is 0 Å². The van der Waals surface area contributed by atoms with E-state index in [0.29, 0.717) is 12.3 Å². The zero-order valence-electron chi connectivity index (χ0n) is 9.23. The van der Waals surface area contributed by atoms with Crippen LogP contribution in [0.4, 0.5) is 5.69 Å². The molecular formula is C10H14N2O4. The third kappa shape index (κ3) is 2.75.